The Kier molecular flexibility index (Phi) is 9.07. The first-order chi connectivity index (χ1) is 18.6. The zero-order valence-electron chi connectivity index (χ0n) is 22.8. The normalized spacial score (nSPS) is 14.5. The molecule has 1 saturated carbocycles. The van der Waals surface area contributed by atoms with Crippen molar-refractivity contribution in [2.24, 2.45) is 0 Å². The third-order valence-electron chi connectivity index (χ3n) is 7.24. The molecule has 0 radical (unpaired) electrons. The van der Waals surface area contributed by atoms with Crippen molar-refractivity contribution in [3.63, 3.8) is 0 Å². The molecular weight excluding hydrogens is 510 g/mol. The van der Waals surface area contributed by atoms with E-state index in [9.17, 15) is 18.0 Å². The molecule has 4 rings (SSSR count). The Morgan fingerprint density at radius 2 is 1.56 bits per heavy atom. The highest BCUT2D eigenvalue weighted by atomic mass is 32.2. The number of nitrogens with zero attached hydrogens (tertiary/aromatic N) is 2. The maximum atomic E-state index is 14.0. The fraction of sp³-hybridized carbons (Fsp3) is 0.355. The minimum absolute atomic E-state index is 0.0991. The molecule has 0 bridgehead atoms. The molecular formula is C31H37N3O4S. The van der Waals surface area contributed by atoms with E-state index in [4.69, 9.17) is 0 Å². The average Bonchev–Trinajstić information content (AvgIpc) is 3.43. The highest BCUT2D eigenvalue weighted by molar-refractivity contribution is 7.92. The van der Waals surface area contributed by atoms with Crippen molar-refractivity contribution in [2.75, 3.05) is 10.8 Å². The van der Waals surface area contributed by atoms with Crippen LogP contribution >= 0.6 is 0 Å². The highest BCUT2D eigenvalue weighted by Crippen LogP contribution is 2.25. The predicted octanol–water partition coefficient (Wildman–Crippen LogP) is 4.97. The summed E-state index contributed by atoms with van der Waals surface area (Å²) in [4.78, 5) is 28.8. The van der Waals surface area contributed by atoms with Gasteiger partial charge in [-0.1, -0.05) is 78.6 Å². The molecule has 0 spiro atoms. The summed E-state index contributed by atoms with van der Waals surface area (Å²) < 4.78 is 28.8. The summed E-state index contributed by atoms with van der Waals surface area (Å²) in [7, 11) is -4.06. The third-order valence-corrected chi connectivity index (χ3v) is 9.02. The van der Waals surface area contributed by atoms with E-state index < -0.39 is 28.5 Å². The summed E-state index contributed by atoms with van der Waals surface area (Å²) in [6, 6.07) is 22.3. The first kappa shape index (κ1) is 28.4. The van der Waals surface area contributed by atoms with E-state index in [0.29, 0.717) is 5.69 Å². The number of hydrogen-bond acceptors (Lipinski definition) is 4. The van der Waals surface area contributed by atoms with Gasteiger partial charge < -0.3 is 10.2 Å². The molecule has 39 heavy (non-hydrogen) atoms. The van der Waals surface area contributed by atoms with Crippen LogP contribution in [0.25, 0.3) is 0 Å². The van der Waals surface area contributed by atoms with E-state index >= 15 is 0 Å². The Morgan fingerprint density at radius 3 is 2.21 bits per heavy atom. The quantitative estimate of drug-likeness (QED) is 0.388. The van der Waals surface area contributed by atoms with Gasteiger partial charge >= 0.3 is 0 Å². The zero-order chi connectivity index (χ0) is 28.0. The Hall–Kier alpha value is -3.65. The van der Waals surface area contributed by atoms with Crippen LogP contribution in [0, 0.1) is 13.8 Å². The summed E-state index contributed by atoms with van der Waals surface area (Å²) in [5.74, 6) is -0.680. The Balaban J connectivity index is 1.66. The van der Waals surface area contributed by atoms with Crippen LogP contribution in [0.4, 0.5) is 5.69 Å². The lowest BCUT2D eigenvalue weighted by Gasteiger charge is -2.32. The molecule has 2 amide bonds. The number of benzene rings is 3. The molecule has 1 aliphatic rings. The molecule has 3 aromatic carbocycles. The lowest BCUT2D eigenvalue weighted by atomic mass is 10.1. The third kappa shape index (κ3) is 7.06. The van der Waals surface area contributed by atoms with Crippen LogP contribution in [0.2, 0.25) is 0 Å². The summed E-state index contributed by atoms with van der Waals surface area (Å²) in [6.45, 7) is 5.31. The van der Waals surface area contributed by atoms with Gasteiger partial charge in [0.15, 0.2) is 0 Å². The number of sulfonamides is 1. The number of aryl methyl sites for hydroxylation is 2. The van der Waals surface area contributed by atoms with Crippen molar-refractivity contribution in [2.45, 2.75) is 70.0 Å². The van der Waals surface area contributed by atoms with Gasteiger partial charge in [0.1, 0.15) is 12.6 Å². The standard InChI is InChI=1S/C31H37N3O4S/c1-23-16-18-29(19-17-23)39(37,38)34(28-14-5-4-6-15-28)22-30(35)33(21-26-11-9-10-24(2)20-26)25(3)31(36)32-27-12-7-8-13-27/h4-6,9-11,14-20,25,27H,7-8,12-13,21-22H2,1-3H3,(H,32,36)/t25-/m0/s1. The molecule has 0 unspecified atom stereocenters. The largest absolute Gasteiger partial charge is 0.352 e. The maximum absolute atomic E-state index is 14.0. The Labute approximate surface area is 231 Å². The van der Waals surface area contributed by atoms with Gasteiger partial charge in [-0.05, 0) is 63.4 Å². The second-order valence-electron chi connectivity index (χ2n) is 10.3. The highest BCUT2D eigenvalue weighted by Gasteiger charge is 2.33. The van der Waals surface area contributed by atoms with Gasteiger partial charge in [0.25, 0.3) is 10.0 Å². The predicted molar refractivity (Wildman–Crippen MR) is 154 cm³/mol. The van der Waals surface area contributed by atoms with E-state index in [-0.39, 0.29) is 23.4 Å². The number of hydrogen-bond donors (Lipinski definition) is 1. The van der Waals surface area contributed by atoms with Gasteiger partial charge in [-0.2, -0.15) is 0 Å². The molecule has 206 valence electrons. The minimum Gasteiger partial charge on any atom is -0.352 e. The van der Waals surface area contributed by atoms with Crippen LogP contribution in [-0.2, 0) is 26.2 Å². The van der Waals surface area contributed by atoms with Gasteiger partial charge in [-0.15, -0.1) is 0 Å². The summed E-state index contributed by atoms with van der Waals surface area (Å²) in [5.41, 5.74) is 3.22. The summed E-state index contributed by atoms with van der Waals surface area (Å²) >= 11 is 0. The summed E-state index contributed by atoms with van der Waals surface area (Å²) in [6.07, 6.45) is 4.02. The molecule has 0 aromatic heterocycles. The molecule has 1 fully saturated rings. The number of amides is 2. The van der Waals surface area contributed by atoms with Gasteiger partial charge in [0.2, 0.25) is 11.8 Å². The smallest absolute Gasteiger partial charge is 0.264 e. The fourth-order valence-electron chi connectivity index (χ4n) is 4.94. The van der Waals surface area contributed by atoms with Gasteiger partial charge in [-0.3, -0.25) is 13.9 Å². The van der Waals surface area contributed by atoms with Crippen molar-refractivity contribution in [1.29, 1.82) is 0 Å². The topological polar surface area (TPSA) is 86.8 Å². The van der Waals surface area contributed by atoms with Gasteiger partial charge in [0.05, 0.1) is 10.6 Å². The fourth-order valence-corrected chi connectivity index (χ4v) is 6.36. The van der Waals surface area contributed by atoms with Crippen molar-refractivity contribution in [3.05, 3.63) is 95.6 Å². The van der Waals surface area contributed by atoms with Crippen molar-refractivity contribution in [3.8, 4) is 0 Å². The van der Waals surface area contributed by atoms with Crippen LogP contribution in [0.5, 0.6) is 0 Å². The first-order valence-corrected chi connectivity index (χ1v) is 14.9. The van der Waals surface area contributed by atoms with Gasteiger partial charge in [0, 0.05) is 12.6 Å². The number of nitrogens with one attached hydrogen (secondary N) is 1. The van der Waals surface area contributed by atoms with Crippen LogP contribution in [-0.4, -0.2) is 43.8 Å². The average molecular weight is 548 g/mol. The molecule has 0 saturated heterocycles. The molecule has 0 heterocycles. The number of rotatable bonds is 10. The van der Waals surface area contributed by atoms with Crippen LogP contribution in [0.1, 0.15) is 49.3 Å². The van der Waals surface area contributed by atoms with Crippen LogP contribution in [0.15, 0.2) is 83.8 Å². The van der Waals surface area contributed by atoms with E-state index in [1.807, 2.05) is 38.1 Å². The minimum atomic E-state index is -4.06. The van der Waals surface area contributed by atoms with Crippen LogP contribution in [0.3, 0.4) is 0 Å². The van der Waals surface area contributed by atoms with Crippen molar-refractivity contribution in [1.82, 2.24) is 10.2 Å². The second kappa shape index (κ2) is 12.5. The zero-order valence-corrected chi connectivity index (χ0v) is 23.7. The molecule has 1 atom stereocenters. The van der Waals surface area contributed by atoms with E-state index in [1.54, 1.807) is 61.5 Å². The lowest BCUT2D eigenvalue weighted by molar-refractivity contribution is -0.139. The van der Waals surface area contributed by atoms with Crippen molar-refractivity contribution < 1.29 is 18.0 Å². The number of anilines is 1. The Morgan fingerprint density at radius 1 is 0.897 bits per heavy atom. The van der Waals surface area contributed by atoms with E-state index in [2.05, 4.69) is 5.32 Å². The van der Waals surface area contributed by atoms with E-state index in [0.717, 1.165) is 46.7 Å². The number of carbonyl (C=O) groups is 2. The Bertz CT molecular complexity index is 1380. The number of para-hydroxylation sites is 1. The summed E-state index contributed by atoms with van der Waals surface area (Å²) in [5, 5.41) is 3.09. The molecule has 3 aromatic rings. The lowest BCUT2D eigenvalue weighted by Crippen LogP contribution is -2.52. The SMILES string of the molecule is Cc1ccc(S(=O)(=O)N(CC(=O)N(Cc2cccc(C)c2)[C@@H](C)C(=O)NC2CCCC2)c2ccccc2)cc1. The molecule has 0 aliphatic heterocycles. The van der Waals surface area contributed by atoms with Crippen molar-refractivity contribution >= 4 is 27.5 Å². The molecule has 1 N–H and O–H groups in total. The van der Waals surface area contributed by atoms with Gasteiger partial charge in [-0.25, -0.2) is 8.42 Å². The molecule has 8 heteroatoms. The first-order valence-electron chi connectivity index (χ1n) is 13.4. The monoisotopic (exact) mass is 547 g/mol. The number of carbonyl (C=O) groups excluding carboxylic acids is 2. The van der Waals surface area contributed by atoms with Crippen LogP contribution < -0.4 is 9.62 Å². The maximum Gasteiger partial charge on any atom is 0.264 e. The molecule has 1 aliphatic carbocycles. The van der Waals surface area contributed by atoms with E-state index in [1.165, 1.54) is 4.90 Å². The molecule has 7 nitrogen and oxygen atoms in total. The second-order valence-corrected chi connectivity index (χ2v) is 12.2.